The smallest absolute Gasteiger partial charge is 0.421 e. The summed E-state index contributed by atoms with van der Waals surface area (Å²) in [6, 6.07) is 18.5. The third-order valence-electron chi connectivity index (χ3n) is 6.66. The SMILES string of the molecule is CC(C(=O)Nc1ccc2c(n1)N(S(=O)(=O)c1cccc(Cl)c1)CC(Cn1c(O)coc1=O)C2)c1ccccc1. The summed E-state index contributed by atoms with van der Waals surface area (Å²) in [5.41, 5.74) is 1.43. The number of anilines is 2. The molecule has 0 spiro atoms. The Morgan fingerprint density at radius 3 is 2.64 bits per heavy atom. The fourth-order valence-electron chi connectivity index (χ4n) is 4.59. The average molecular weight is 569 g/mol. The summed E-state index contributed by atoms with van der Waals surface area (Å²) in [5, 5.41) is 13.1. The lowest BCUT2D eigenvalue weighted by Gasteiger charge is -2.34. The molecule has 0 saturated heterocycles. The zero-order chi connectivity index (χ0) is 27.7. The monoisotopic (exact) mass is 568 g/mol. The third-order valence-corrected chi connectivity index (χ3v) is 8.64. The molecule has 0 saturated carbocycles. The summed E-state index contributed by atoms with van der Waals surface area (Å²) in [6.45, 7) is 1.76. The summed E-state index contributed by atoms with van der Waals surface area (Å²) in [4.78, 5) is 29.5. The van der Waals surface area contributed by atoms with E-state index in [1.807, 2.05) is 30.3 Å². The van der Waals surface area contributed by atoms with Gasteiger partial charge in [0.2, 0.25) is 11.8 Å². The van der Waals surface area contributed by atoms with Gasteiger partial charge in [-0.2, -0.15) is 0 Å². The first kappa shape index (κ1) is 26.5. The van der Waals surface area contributed by atoms with Crippen molar-refractivity contribution in [1.82, 2.24) is 9.55 Å². The molecule has 0 radical (unpaired) electrons. The number of rotatable bonds is 7. The van der Waals surface area contributed by atoms with Gasteiger partial charge in [-0.1, -0.05) is 54.1 Å². The number of aromatic nitrogens is 2. The quantitative estimate of drug-likeness (QED) is 0.344. The molecule has 5 rings (SSSR count). The number of hydrogen-bond acceptors (Lipinski definition) is 7. The van der Waals surface area contributed by atoms with Crippen LogP contribution >= 0.6 is 11.6 Å². The van der Waals surface area contributed by atoms with Crippen molar-refractivity contribution in [3.05, 3.63) is 99.7 Å². The molecular weight excluding hydrogens is 544 g/mol. The zero-order valence-electron chi connectivity index (χ0n) is 20.8. The number of pyridine rings is 1. The predicted molar refractivity (Wildman–Crippen MR) is 146 cm³/mol. The van der Waals surface area contributed by atoms with E-state index in [4.69, 9.17) is 16.0 Å². The third kappa shape index (κ3) is 5.41. The van der Waals surface area contributed by atoms with E-state index in [9.17, 15) is 23.1 Å². The maximum Gasteiger partial charge on any atom is 0.421 e. The molecule has 2 aromatic carbocycles. The molecule has 1 amide bonds. The number of benzene rings is 2. The maximum atomic E-state index is 13.8. The first-order valence-electron chi connectivity index (χ1n) is 12.1. The van der Waals surface area contributed by atoms with Crippen LogP contribution in [0.2, 0.25) is 5.02 Å². The van der Waals surface area contributed by atoms with E-state index in [-0.39, 0.29) is 46.4 Å². The van der Waals surface area contributed by atoms with Gasteiger partial charge in [0.1, 0.15) is 11.6 Å². The summed E-state index contributed by atoms with van der Waals surface area (Å²) < 4.78 is 34.6. The Morgan fingerprint density at radius 1 is 1.18 bits per heavy atom. The Hall–Kier alpha value is -4.09. The van der Waals surface area contributed by atoms with Gasteiger partial charge in [0.15, 0.2) is 6.26 Å². The standard InChI is InChI=1S/C27H25ClN4O6S/c1-17(19-6-3-2-4-7-19)26(34)30-23-11-10-20-12-18(14-31-24(33)16-38-27(31)35)15-32(25(20)29-23)39(36,37)22-9-5-8-21(28)13-22/h2-11,13,16-18,33H,12,14-15H2,1H3,(H,29,30,34). The first-order chi connectivity index (χ1) is 18.6. The zero-order valence-corrected chi connectivity index (χ0v) is 22.4. The van der Waals surface area contributed by atoms with E-state index in [2.05, 4.69) is 10.3 Å². The predicted octanol–water partition coefficient (Wildman–Crippen LogP) is 4.01. The van der Waals surface area contributed by atoms with E-state index < -0.39 is 27.6 Å². The van der Waals surface area contributed by atoms with E-state index in [0.717, 1.165) is 20.7 Å². The highest BCUT2D eigenvalue weighted by molar-refractivity contribution is 7.92. The molecule has 1 aliphatic heterocycles. The van der Waals surface area contributed by atoms with Crippen molar-refractivity contribution in [2.24, 2.45) is 5.92 Å². The number of nitrogens with zero attached hydrogens (tertiary/aromatic N) is 3. The minimum Gasteiger partial charge on any atom is -0.492 e. The highest BCUT2D eigenvalue weighted by Crippen LogP contribution is 2.35. The van der Waals surface area contributed by atoms with Gasteiger partial charge in [-0.3, -0.25) is 4.79 Å². The van der Waals surface area contributed by atoms with E-state index in [0.29, 0.717) is 12.0 Å². The second kappa shape index (κ2) is 10.6. The minimum absolute atomic E-state index is 0.0231. The molecular formula is C27H25ClN4O6S. The van der Waals surface area contributed by atoms with Crippen LogP contribution in [0.3, 0.4) is 0 Å². The van der Waals surface area contributed by atoms with Crippen molar-refractivity contribution in [3.8, 4) is 5.88 Å². The molecule has 4 aromatic rings. The molecule has 0 fully saturated rings. The van der Waals surface area contributed by atoms with Crippen LogP contribution in [0.1, 0.15) is 24.0 Å². The number of sulfonamides is 1. The molecule has 3 heterocycles. The Kier molecular flexibility index (Phi) is 7.19. The van der Waals surface area contributed by atoms with Crippen LogP contribution < -0.4 is 15.4 Å². The number of aromatic hydroxyl groups is 1. The summed E-state index contributed by atoms with van der Waals surface area (Å²) in [5.74, 6) is -1.87. The van der Waals surface area contributed by atoms with Crippen LogP contribution in [0.5, 0.6) is 5.88 Å². The summed E-state index contributed by atoms with van der Waals surface area (Å²) in [6.07, 6.45) is 1.31. The van der Waals surface area contributed by atoms with Gasteiger partial charge in [-0.15, -0.1) is 0 Å². The highest BCUT2D eigenvalue weighted by Gasteiger charge is 2.36. The van der Waals surface area contributed by atoms with Crippen molar-refractivity contribution in [3.63, 3.8) is 0 Å². The van der Waals surface area contributed by atoms with Crippen LogP contribution in [0.4, 0.5) is 11.6 Å². The minimum atomic E-state index is -4.13. The first-order valence-corrected chi connectivity index (χ1v) is 14.0. The van der Waals surface area contributed by atoms with Crippen molar-refractivity contribution < 1.29 is 22.7 Å². The van der Waals surface area contributed by atoms with Crippen molar-refractivity contribution in [2.45, 2.75) is 30.7 Å². The van der Waals surface area contributed by atoms with Crippen LogP contribution in [-0.2, 0) is 27.8 Å². The molecule has 0 bridgehead atoms. The lowest BCUT2D eigenvalue weighted by atomic mass is 9.96. The van der Waals surface area contributed by atoms with Gasteiger partial charge in [0, 0.05) is 24.0 Å². The van der Waals surface area contributed by atoms with Gasteiger partial charge in [0.25, 0.3) is 10.0 Å². The largest absolute Gasteiger partial charge is 0.492 e. The number of oxazole rings is 1. The topological polar surface area (TPSA) is 135 Å². The van der Waals surface area contributed by atoms with E-state index >= 15 is 0 Å². The fourth-order valence-corrected chi connectivity index (χ4v) is 6.41. The van der Waals surface area contributed by atoms with Crippen LogP contribution in [0.25, 0.3) is 0 Å². The molecule has 0 aliphatic carbocycles. The lowest BCUT2D eigenvalue weighted by molar-refractivity contribution is -0.117. The Bertz CT molecular complexity index is 1690. The number of fused-ring (bicyclic) bond motifs is 1. The number of hydrogen-bond donors (Lipinski definition) is 2. The maximum absolute atomic E-state index is 13.8. The molecule has 10 nitrogen and oxygen atoms in total. The van der Waals surface area contributed by atoms with Crippen molar-refractivity contribution >= 4 is 39.2 Å². The van der Waals surface area contributed by atoms with E-state index in [1.165, 1.54) is 18.2 Å². The number of halogens is 1. The van der Waals surface area contributed by atoms with Crippen LogP contribution in [0.15, 0.2) is 87.1 Å². The number of nitrogens with one attached hydrogen (secondary N) is 1. The number of amides is 1. The van der Waals surface area contributed by atoms with Crippen molar-refractivity contribution in [2.75, 3.05) is 16.2 Å². The number of carbonyl (C=O) groups excluding carboxylic acids is 1. The Balaban J connectivity index is 1.50. The van der Waals surface area contributed by atoms with Crippen LogP contribution in [-0.4, -0.2) is 35.5 Å². The Morgan fingerprint density at radius 2 is 1.95 bits per heavy atom. The Labute approximate surface area is 229 Å². The van der Waals surface area contributed by atoms with Gasteiger partial charge in [-0.05, 0) is 48.7 Å². The molecule has 12 heteroatoms. The van der Waals surface area contributed by atoms with Gasteiger partial charge < -0.3 is 14.8 Å². The molecule has 2 unspecified atom stereocenters. The molecule has 202 valence electrons. The average Bonchev–Trinajstić information content (AvgIpc) is 3.24. The normalized spacial score (nSPS) is 15.9. The van der Waals surface area contributed by atoms with Crippen LogP contribution in [0, 0.1) is 5.92 Å². The summed E-state index contributed by atoms with van der Waals surface area (Å²) >= 11 is 6.09. The highest BCUT2D eigenvalue weighted by atomic mass is 35.5. The summed E-state index contributed by atoms with van der Waals surface area (Å²) in [7, 11) is -4.13. The molecule has 2 aromatic heterocycles. The van der Waals surface area contributed by atoms with Gasteiger partial charge in [0.05, 0.1) is 10.8 Å². The van der Waals surface area contributed by atoms with Gasteiger partial charge >= 0.3 is 5.76 Å². The fraction of sp³-hybridized carbons (Fsp3) is 0.222. The van der Waals surface area contributed by atoms with Crippen molar-refractivity contribution in [1.29, 1.82) is 0 Å². The molecule has 1 aliphatic rings. The van der Waals surface area contributed by atoms with E-state index in [1.54, 1.807) is 25.1 Å². The van der Waals surface area contributed by atoms with Gasteiger partial charge in [-0.25, -0.2) is 27.1 Å². The molecule has 2 atom stereocenters. The second-order valence-corrected chi connectivity index (χ2v) is 11.6. The second-order valence-electron chi connectivity index (χ2n) is 9.33. The molecule has 39 heavy (non-hydrogen) atoms. The lowest BCUT2D eigenvalue weighted by Crippen LogP contribution is -2.42. The molecule has 2 N–H and O–H groups in total. The number of carbonyl (C=O) groups is 1.